The van der Waals surface area contributed by atoms with Gasteiger partial charge in [0.2, 0.25) is 0 Å². The van der Waals surface area contributed by atoms with Crippen LogP contribution < -0.4 is 0 Å². The van der Waals surface area contributed by atoms with Gasteiger partial charge >= 0.3 is 0 Å². The van der Waals surface area contributed by atoms with E-state index in [-0.39, 0.29) is 5.25 Å². The maximum atomic E-state index is 8.86. The number of aryl methyl sites for hydroxylation is 2. The molecule has 92 valence electrons. The van der Waals surface area contributed by atoms with Crippen molar-refractivity contribution in [2.45, 2.75) is 31.2 Å². The van der Waals surface area contributed by atoms with Gasteiger partial charge in [0.1, 0.15) is 6.33 Å². The van der Waals surface area contributed by atoms with E-state index in [1.165, 1.54) is 22.9 Å². The lowest BCUT2D eigenvalue weighted by Crippen LogP contribution is -2.01. The fraction of sp³-hybridized carbons (Fsp3) is 0.308. The number of nitrogens with zero attached hydrogens (tertiary/aromatic N) is 4. The summed E-state index contributed by atoms with van der Waals surface area (Å²) in [5, 5.41) is 17.5. The van der Waals surface area contributed by atoms with Gasteiger partial charge in [-0.25, -0.2) is 0 Å². The molecule has 1 aromatic heterocycles. The molecule has 1 aromatic carbocycles. The first-order valence-electron chi connectivity index (χ1n) is 5.65. The van der Waals surface area contributed by atoms with E-state index in [4.69, 9.17) is 5.26 Å². The number of benzene rings is 1. The van der Waals surface area contributed by atoms with Crippen LogP contribution in [0.15, 0.2) is 29.7 Å². The summed E-state index contributed by atoms with van der Waals surface area (Å²) < 4.78 is 1.92. The molecule has 0 saturated carbocycles. The van der Waals surface area contributed by atoms with Crippen molar-refractivity contribution in [1.82, 2.24) is 14.8 Å². The van der Waals surface area contributed by atoms with Gasteiger partial charge in [0, 0.05) is 0 Å². The highest BCUT2D eigenvalue weighted by Gasteiger charge is 2.12. The normalized spacial score (nSPS) is 12.1. The second kappa shape index (κ2) is 5.23. The molecule has 0 saturated heterocycles. The number of hydrogen-bond donors (Lipinski definition) is 0. The number of hydrogen-bond acceptors (Lipinski definition) is 4. The van der Waals surface area contributed by atoms with Gasteiger partial charge in [0.15, 0.2) is 5.16 Å². The summed E-state index contributed by atoms with van der Waals surface area (Å²) in [7, 11) is 0. The summed E-state index contributed by atoms with van der Waals surface area (Å²) >= 11 is 1.41. The topological polar surface area (TPSA) is 54.5 Å². The van der Waals surface area contributed by atoms with Crippen molar-refractivity contribution in [3.05, 3.63) is 35.7 Å². The average molecular weight is 258 g/mol. The maximum Gasteiger partial charge on any atom is 0.196 e. The SMILES string of the molecule is Cc1ccc(-n2cnnc2SC(C)C#N)c(C)c1. The van der Waals surface area contributed by atoms with Gasteiger partial charge in [-0.2, -0.15) is 5.26 Å². The molecule has 18 heavy (non-hydrogen) atoms. The van der Waals surface area contributed by atoms with Crippen LogP contribution in [0.4, 0.5) is 0 Å². The minimum Gasteiger partial charge on any atom is -0.276 e. The molecule has 0 aliphatic rings. The zero-order valence-corrected chi connectivity index (χ0v) is 11.4. The van der Waals surface area contributed by atoms with Crippen LogP contribution >= 0.6 is 11.8 Å². The van der Waals surface area contributed by atoms with Crippen molar-refractivity contribution in [3.63, 3.8) is 0 Å². The maximum absolute atomic E-state index is 8.86. The Kier molecular flexibility index (Phi) is 3.68. The Morgan fingerprint density at radius 2 is 2.17 bits per heavy atom. The van der Waals surface area contributed by atoms with E-state index in [2.05, 4.69) is 48.3 Å². The van der Waals surface area contributed by atoms with E-state index in [0.717, 1.165) is 10.8 Å². The largest absolute Gasteiger partial charge is 0.276 e. The summed E-state index contributed by atoms with van der Waals surface area (Å²) in [6, 6.07) is 8.42. The third-order valence-electron chi connectivity index (χ3n) is 2.59. The van der Waals surface area contributed by atoms with Crippen molar-refractivity contribution in [2.75, 3.05) is 0 Å². The molecule has 0 spiro atoms. The zero-order valence-electron chi connectivity index (χ0n) is 10.6. The van der Waals surface area contributed by atoms with E-state index in [0.29, 0.717) is 0 Å². The lowest BCUT2D eigenvalue weighted by Gasteiger charge is -2.10. The van der Waals surface area contributed by atoms with Crippen LogP contribution in [-0.4, -0.2) is 20.0 Å². The lowest BCUT2D eigenvalue weighted by molar-refractivity contribution is 0.875. The van der Waals surface area contributed by atoms with E-state index in [9.17, 15) is 0 Å². The smallest absolute Gasteiger partial charge is 0.196 e. The third-order valence-corrected chi connectivity index (χ3v) is 3.54. The molecule has 0 amide bonds. The van der Waals surface area contributed by atoms with Gasteiger partial charge in [0.05, 0.1) is 17.0 Å². The molecule has 0 fully saturated rings. The Balaban J connectivity index is 2.40. The molecule has 5 heteroatoms. The second-order valence-electron chi connectivity index (χ2n) is 4.16. The lowest BCUT2D eigenvalue weighted by atomic mass is 10.1. The third kappa shape index (κ3) is 2.54. The molecule has 0 aliphatic carbocycles. The van der Waals surface area contributed by atoms with Crippen LogP contribution in [0, 0.1) is 25.2 Å². The summed E-state index contributed by atoms with van der Waals surface area (Å²) in [6.07, 6.45) is 1.68. The Morgan fingerprint density at radius 3 is 2.83 bits per heavy atom. The molecule has 0 bridgehead atoms. The number of thioether (sulfide) groups is 1. The van der Waals surface area contributed by atoms with Gasteiger partial charge in [-0.05, 0) is 32.4 Å². The van der Waals surface area contributed by atoms with Gasteiger partial charge in [-0.3, -0.25) is 4.57 Å². The first-order valence-corrected chi connectivity index (χ1v) is 6.53. The number of rotatable bonds is 3. The molecular formula is C13H14N4S. The Labute approximate surface area is 111 Å². The van der Waals surface area contributed by atoms with Crippen molar-refractivity contribution in [3.8, 4) is 11.8 Å². The van der Waals surface area contributed by atoms with E-state index in [1.807, 2.05) is 11.5 Å². The van der Waals surface area contributed by atoms with Gasteiger partial charge in [-0.1, -0.05) is 29.5 Å². The van der Waals surface area contributed by atoms with Crippen LogP contribution in [0.3, 0.4) is 0 Å². The molecule has 0 aliphatic heterocycles. The molecule has 1 unspecified atom stereocenters. The number of nitriles is 1. The number of aromatic nitrogens is 3. The van der Waals surface area contributed by atoms with Gasteiger partial charge in [0.25, 0.3) is 0 Å². The summed E-state index contributed by atoms with van der Waals surface area (Å²) in [6.45, 7) is 5.98. The monoisotopic (exact) mass is 258 g/mol. The molecular weight excluding hydrogens is 244 g/mol. The highest BCUT2D eigenvalue weighted by Crippen LogP contribution is 2.25. The molecule has 1 atom stereocenters. The second-order valence-corrected chi connectivity index (χ2v) is 5.47. The Hall–Kier alpha value is -1.80. The summed E-state index contributed by atoms with van der Waals surface area (Å²) in [5.74, 6) is 0. The van der Waals surface area contributed by atoms with E-state index in [1.54, 1.807) is 6.33 Å². The van der Waals surface area contributed by atoms with Gasteiger partial charge in [-0.15, -0.1) is 10.2 Å². The highest BCUT2D eigenvalue weighted by molar-refractivity contribution is 8.00. The van der Waals surface area contributed by atoms with Gasteiger partial charge < -0.3 is 0 Å². The zero-order chi connectivity index (χ0) is 13.1. The van der Waals surface area contributed by atoms with Crippen molar-refractivity contribution in [2.24, 2.45) is 0 Å². The van der Waals surface area contributed by atoms with Crippen LogP contribution in [0.5, 0.6) is 0 Å². The van der Waals surface area contributed by atoms with Crippen molar-refractivity contribution >= 4 is 11.8 Å². The fourth-order valence-electron chi connectivity index (χ4n) is 1.73. The van der Waals surface area contributed by atoms with E-state index >= 15 is 0 Å². The van der Waals surface area contributed by atoms with Crippen molar-refractivity contribution in [1.29, 1.82) is 5.26 Å². The van der Waals surface area contributed by atoms with Crippen molar-refractivity contribution < 1.29 is 0 Å². The minimum atomic E-state index is -0.140. The van der Waals surface area contributed by atoms with E-state index < -0.39 is 0 Å². The summed E-state index contributed by atoms with van der Waals surface area (Å²) in [5.41, 5.74) is 3.45. The standard InChI is InChI=1S/C13H14N4S/c1-9-4-5-12(10(2)6-9)17-8-15-16-13(17)18-11(3)7-14/h4-6,8,11H,1-3H3. The molecule has 4 nitrogen and oxygen atoms in total. The van der Waals surface area contributed by atoms with Crippen LogP contribution in [-0.2, 0) is 0 Å². The average Bonchev–Trinajstić information content (AvgIpc) is 2.77. The Bertz CT molecular complexity index is 597. The predicted octanol–water partition coefficient (Wildman–Crippen LogP) is 2.89. The molecule has 1 heterocycles. The summed E-state index contributed by atoms with van der Waals surface area (Å²) in [4.78, 5) is 0. The first-order chi connectivity index (χ1) is 8.61. The quantitative estimate of drug-likeness (QED) is 0.794. The fourth-order valence-corrected chi connectivity index (χ4v) is 2.45. The molecule has 2 rings (SSSR count). The van der Waals surface area contributed by atoms with Crippen LogP contribution in [0.1, 0.15) is 18.1 Å². The van der Waals surface area contributed by atoms with Crippen LogP contribution in [0.2, 0.25) is 0 Å². The Morgan fingerprint density at radius 1 is 1.39 bits per heavy atom. The minimum absolute atomic E-state index is 0.140. The molecule has 0 N–H and O–H groups in total. The molecule has 2 aromatic rings. The first kappa shape index (κ1) is 12.7. The predicted molar refractivity (Wildman–Crippen MR) is 71.8 cm³/mol. The van der Waals surface area contributed by atoms with Crippen LogP contribution in [0.25, 0.3) is 5.69 Å². The molecule has 0 radical (unpaired) electrons. The highest BCUT2D eigenvalue weighted by atomic mass is 32.2.